The van der Waals surface area contributed by atoms with Crippen LogP contribution < -0.4 is 30.9 Å². The Morgan fingerprint density at radius 1 is 0.898 bits per heavy atom. The van der Waals surface area contributed by atoms with Gasteiger partial charge in [-0.3, -0.25) is 29.4 Å². The summed E-state index contributed by atoms with van der Waals surface area (Å²) in [5, 5.41) is 11.1. The van der Waals surface area contributed by atoms with Crippen LogP contribution in [0.25, 0.3) is 0 Å². The lowest BCUT2D eigenvalue weighted by Gasteiger charge is -2.37. The van der Waals surface area contributed by atoms with Crippen molar-refractivity contribution in [1.82, 2.24) is 30.1 Å². The highest BCUT2D eigenvalue weighted by molar-refractivity contribution is 6.01. The van der Waals surface area contributed by atoms with E-state index >= 15 is 0 Å². The number of piperazine rings is 1. The van der Waals surface area contributed by atoms with Crippen LogP contribution in [0.2, 0.25) is 0 Å². The van der Waals surface area contributed by atoms with Crippen molar-refractivity contribution in [3.05, 3.63) is 83.7 Å². The summed E-state index contributed by atoms with van der Waals surface area (Å²) in [4.78, 5) is 67.7. The smallest absolute Gasteiger partial charge is 0.421 e. The van der Waals surface area contributed by atoms with Crippen LogP contribution in [0.15, 0.2) is 67.0 Å². The summed E-state index contributed by atoms with van der Waals surface area (Å²) in [5.74, 6) is -0.133. The van der Waals surface area contributed by atoms with Crippen LogP contribution in [0, 0.1) is 0 Å². The lowest BCUT2D eigenvalue weighted by atomic mass is 9.89. The second kappa shape index (κ2) is 17.7. The molecule has 3 amide bonds. The van der Waals surface area contributed by atoms with Crippen molar-refractivity contribution in [1.29, 1.82) is 0 Å². The maximum atomic E-state index is 13.9. The van der Waals surface area contributed by atoms with Crippen molar-refractivity contribution in [2.75, 3.05) is 73.8 Å². The van der Waals surface area contributed by atoms with Crippen LogP contribution in [0.3, 0.4) is 0 Å². The van der Waals surface area contributed by atoms with Gasteiger partial charge in [0.25, 0.3) is 0 Å². The number of alkyl halides is 3. The Hall–Kier alpha value is -6.30. The third kappa shape index (κ3) is 9.88. The van der Waals surface area contributed by atoms with Crippen molar-refractivity contribution in [3.8, 4) is 5.75 Å². The van der Waals surface area contributed by atoms with Gasteiger partial charge in [-0.25, -0.2) is 9.97 Å². The molecule has 3 aliphatic rings. The highest BCUT2D eigenvalue weighted by Gasteiger charge is 2.36. The Morgan fingerprint density at radius 2 is 1.63 bits per heavy atom. The zero-order valence-electron chi connectivity index (χ0n) is 32.6. The summed E-state index contributed by atoms with van der Waals surface area (Å²) in [7, 11) is 1.46. The van der Waals surface area contributed by atoms with Gasteiger partial charge in [-0.15, -0.1) is 0 Å². The molecule has 7 rings (SSSR count). The number of likely N-dealkylation sites (tertiary alicyclic amines) is 1. The molecule has 0 aliphatic carbocycles. The highest BCUT2D eigenvalue weighted by atomic mass is 19.4. The molecule has 310 valence electrons. The number of benzene rings is 2. The molecular weight excluding hydrogens is 770 g/mol. The van der Waals surface area contributed by atoms with E-state index in [9.17, 15) is 32.3 Å². The number of ketones is 1. The second-order valence-corrected chi connectivity index (χ2v) is 14.7. The molecule has 2 aromatic carbocycles. The van der Waals surface area contributed by atoms with Crippen LogP contribution in [0.4, 0.5) is 47.8 Å². The van der Waals surface area contributed by atoms with Gasteiger partial charge < -0.3 is 30.5 Å². The Labute approximate surface area is 338 Å². The fourth-order valence-electron chi connectivity index (χ4n) is 7.54. The second-order valence-electron chi connectivity index (χ2n) is 14.7. The summed E-state index contributed by atoms with van der Waals surface area (Å²) >= 11 is 0. The Morgan fingerprint density at radius 3 is 2.31 bits per heavy atom. The van der Waals surface area contributed by atoms with Crippen LogP contribution in [-0.2, 0) is 20.6 Å². The van der Waals surface area contributed by atoms with Gasteiger partial charge in [-0.05, 0) is 75.0 Å². The van der Waals surface area contributed by atoms with Crippen molar-refractivity contribution in [2.24, 2.45) is 0 Å². The normalized spacial score (nSPS) is 17.9. The summed E-state index contributed by atoms with van der Waals surface area (Å²) in [5.41, 5.74) is 1.65. The number of amides is 3. The number of pyridine rings is 1. The Bertz CT molecular complexity index is 2190. The number of aromatic nitrogens is 3. The van der Waals surface area contributed by atoms with Crippen molar-refractivity contribution >= 4 is 58.2 Å². The predicted molar refractivity (Wildman–Crippen MR) is 214 cm³/mol. The molecule has 3 saturated heterocycles. The Balaban J connectivity index is 0.902. The van der Waals surface area contributed by atoms with Gasteiger partial charge in [-0.1, -0.05) is 24.3 Å². The molecule has 4 aromatic rings. The number of ether oxygens (including phenoxy) is 1. The molecule has 18 heteroatoms. The van der Waals surface area contributed by atoms with E-state index in [1.165, 1.54) is 37.9 Å². The minimum atomic E-state index is -4.77. The molecule has 3 fully saturated rings. The number of halogens is 3. The number of piperidine rings is 2. The Kier molecular flexibility index (Phi) is 12.2. The van der Waals surface area contributed by atoms with E-state index in [1.54, 1.807) is 18.2 Å². The fraction of sp³-hybridized carbons (Fsp3) is 0.390. The maximum absolute atomic E-state index is 13.9. The number of nitrogens with zero attached hydrogens (tertiary/aromatic N) is 6. The molecule has 1 unspecified atom stereocenters. The first-order chi connectivity index (χ1) is 28.3. The lowest BCUT2D eigenvalue weighted by molar-refractivity contribution is -0.137. The lowest BCUT2D eigenvalue weighted by Crippen LogP contribution is -2.52. The molecule has 0 saturated carbocycles. The number of para-hydroxylation sites is 1. The number of rotatable bonds is 12. The van der Waals surface area contributed by atoms with E-state index in [0.29, 0.717) is 74.9 Å². The SMILES string of the molecule is COc1cc(N2CCN(C(=O)CN3CCC(c4ccc(NC5CCC(=O)NC5=O)cc4)CC3)CC2)ncc1Nc1ncc(C(F)(F)F)c(Nc2ccccc2C(C)=O)n1. The van der Waals surface area contributed by atoms with E-state index < -0.39 is 23.6 Å². The van der Waals surface area contributed by atoms with E-state index in [2.05, 4.69) is 53.3 Å². The third-order valence-electron chi connectivity index (χ3n) is 10.8. The zero-order valence-corrected chi connectivity index (χ0v) is 32.6. The molecule has 59 heavy (non-hydrogen) atoms. The van der Waals surface area contributed by atoms with E-state index in [1.807, 2.05) is 21.9 Å². The van der Waals surface area contributed by atoms with Gasteiger partial charge in [0.15, 0.2) is 5.78 Å². The average Bonchev–Trinajstić information content (AvgIpc) is 3.22. The fourth-order valence-corrected chi connectivity index (χ4v) is 7.54. The minimum absolute atomic E-state index is 0.0762. The number of anilines is 6. The first-order valence-corrected chi connectivity index (χ1v) is 19.4. The number of imide groups is 1. The molecule has 1 atom stereocenters. The van der Waals surface area contributed by atoms with Gasteiger partial charge >= 0.3 is 6.18 Å². The van der Waals surface area contributed by atoms with Gasteiger partial charge in [0, 0.05) is 56.1 Å². The van der Waals surface area contributed by atoms with Gasteiger partial charge in [0.1, 0.15) is 34.7 Å². The molecule has 2 aromatic heterocycles. The molecule has 0 bridgehead atoms. The molecule has 3 aliphatic heterocycles. The third-order valence-corrected chi connectivity index (χ3v) is 10.8. The number of methoxy groups -OCH3 is 1. The molecule has 0 spiro atoms. The number of carbonyl (C=O) groups is 4. The standard InChI is InChI=1S/C41H45F3N10O5/c1-25(55)29-5-3-4-6-31(29)48-38-30(41(42,43)44)22-46-40(51-38)49-33-23-45-35(21-34(33)59-2)53-17-19-54(20-18-53)37(57)24-52-15-13-27(14-16-52)26-7-9-28(10-8-26)47-32-11-12-36(56)50-39(32)58/h3-10,21-23,27,32,47H,11-20,24H2,1-2H3,(H,50,56,58)(H2,46,48,49,51). The van der Waals surface area contributed by atoms with Crippen LogP contribution in [-0.4, -0.2) is 107 Å². The first kappa shape index (κ1) is 40.9. The molecule has 5 heterocycles. The van der Waals surface area contributed by atoms with Crippen LogP contribution in [0.5, 0.6) is 5.75 Å². The maximum Gasteiger partial charge on any atom is 0.421 e. The van der Waals surface area contributed by atoms with Crippen molar-refractivity contribution < 1.29 is 37.1 Å². The number of hydrogen-bond donors (Lipinski definition) is 4. The highest BCUT2D eigenvalue weighted by Crippen LogP contribution is 2.37. The van der Waals surface area contributed by atoms with Gasteiger partial charge in [0.05, 0.1) is 25.5 Å². The quantitative estimate of drug-likeness (QED) is 0.107. The van der Waals surface area contributed by atoms with E-state index in [-0.39, 0.29) is 40.7 Å². The van der Waals surface area contributed by atoms with Crippen molar-refractivity contribution in [2.45, 2.75) is 50.7 Å². The molecule has 15 nitrogen and oxygen atoms in total. The van der Waals surface area contributed by atoms with Crippen LogP contribution >= 0.6 is 0 Å². The summed E-state index contributed by atoms with van der Waals surface area (Å²) in [6, 6.07) is 15.6. The average molecular weight is 815 g/mol. The zero-order chi connectivity index (χ0) is 41.7. The topological polar surface area (TPSA) is 174 Å². The summed E-state index contributed by atoms with van der Waals surface area (Å²) in [6.45, 7) is 5.40. The monoisotopic (exact) mass is 814 g/mol. The summed E-state index contributed by atoms with van der Waals surface area (Å²) < 4.78 is 47.4. The molecular formula is C41H45F3N10O5. The molecule has 0 radical (unpaired) electrons. The first-order valence-electron chi connectivity index (χ1n) is 19.4. The van der Waals surface area contributed by atoms with Crippen molar-refractivity contribution in [3.63, 3.8) is 0 Å². The summed E-state index contributed by atoms with van der Waals surface area (Å²) in [6.07, 6.45) is 0.0312. The number of hydrogen-bond acceptors (Lipinski definition) is 13. The molecule has 4 N–H and O–H groups in total. The largest absolute Gasteiger partial charge is 0.494 e. The van der Waals surface area contributed by atoms with Gasteiger partial charge in [-0.2, -0.15) is 18.2 Å². The van der Waals surface area contributed by atoms with Gasteiger partial charge in [0.2, 0.25) is 23.7 Å². The van der Waals surface area contributed by atoms with E-state index in [4.69, 9.17) is 4.74 Å². The minimum Gasteiger partial charge on any atom is -0.494 e. The number of Topliss-reactive ketones (excluding diaryl/α,β-unsaturated/α-hetero) is 1. The number of nitrogens with one attached hydrogen (secondary N) is 4. The van der Waals surface area contributed by atoms with E-state index in [0.717, 1.165) is 31.6 Å². The predicted octanol–water partition coefficient (Wildman–Crippen LogP) is 5.33. The number of carbonyl (C=O) groups excluding carboxylic acids is 4. The van der Waals surface area contributed by atoms with Crippen LogP contribution in [0.1, 0.15) is 60.0 Å².